The zero-order chi connectivity index (χ0) is 32.6. The van der Waals surface area contributed by atoms with Crippen molar-refractivity contribution in [1.29, 1.82) is 0 Å². The van der Waals surface area contributed by atoms with Crippen molar-refractivity contribution < 1.29 is 28.6 Å². The van der Waals surface area contributed by atoms with Gasteiger partial charge in [-0.15, -0.1) is 0 Å². The van der Waals surface area contributed by atoms with Gasteiger partial charge in [0.15, 0.2) is 0 Å². The quantitative estimate of drug-likeness (QED) is 0.209. The summed E-state index contributed by atoms with van der Waals surface area (Å²) in [6, 6.07) is 24.9. The molecule has 44 heavy (non-hydrogen) atoms. The van der Waals surface area contributed by atoms with E-state index in [2.05, 4.69) is 16.0 Å². The highest BCUT2D eigenvalue weighted by Crippen LogP contribution is 2.09. The highest BCUT2D eigenvalue weighted by molar-refractivity contribution is 5.68. The third-order valence-electron chi connectivity index (χ3n) is 5.60. The number of nitrogens with one attached hydrogen (secondary N) is 3. The number of alkyl carbamates (subject to hydrolysis) is 3. The predicted molar refractivity (Wildman–Crippen MR) is 170 cm³/mol. The van der Waals surface area contributed by atoms with Crippen molar-refractivity contribution in [1.82, 2.24) is 16.0 Å². The molecule has 0 radical (unpaired) electrons. The van der Waals surface area contributed by atoms with Crippen LogP contribution in [0.2, 0.25) is 0 Å². The van der Waals surface area contributed by atoms with Crippen LogP contribution < -0.4 is 21.7 Å². The zero-order valence-electron chi connectivity index (χ0n) is 26.6. The first-order valence-electron chi connectivity index (χ1n) is 14.5. The standard InChI is InChI=1S/C21H26N2O4.C13H20N2O2/c1-21(2,3)27-20(25)23-14-17-11-9-16(10-12-17)13-22-19(24)26-15-18-7-5-4-6-8-18;1-13(2,3)17-12(16)15-9-11-6-4-10(8-14)5-7-11/h4-12H,13-15H2,1-3H3,(H,22,24)(H,23,25);4-7H,8-9,14H2,1-3H3,(H,15,16). The lowest BCUT2D eigenvalue weighted by molar-refractivity contribution is 0.0512. The third kappa shape index (κ3) is 16.2. The van der Waals surface area contributed by atoms with E-state index in [1.807, 2.05) is 120 Å². The highest BCUT2D eigenvalue weighted by atomic mass is 16.6. The van der Waals surface area contributed by atoms with Gasteiger partial charge in [0, 0.05) is 26.2 Å². The summed E-state index contributed by atoms with van der Waals surface area (Å²) in [6.07, 6.45) is -1.32. The van der Waals surface area contributed by atoms with E-state index in [9.17, 15) is 14.4 Å². The number of carbonyl (C=O) groups is 3. The van der Waals surface area contributed by atoms with Gasteiger partial charge in [-0.2, -0.15) is 0 Å². The van der Waals surface area contributed by atoms with Gasteiger partial charge in [0.1, 0.15) is 17.8 Å². The maximum atomic E-state index is 11.8. The third-order valence-corrected chi connectivity index (χ3v) is 5.60. The Morgan fingerprint density at radius 1 is 0.545 bits per heavy atom. The van der Waals surface area contributed by atoms with Crippen LogP contribution in [0.1, 0.15) is 69.4 Å². The number of benzene rings is 3. The lowest BCUT2D eigenvalue weighted by atomic mass is 10.1. The highest BCUT2D eigenvalue weighted by Gasteiger charge is 2.16. The Hall–Kier alpha value is -4.57. The number of nitrogens with two attached hydrogens (primary N) is 1. The fraction of sp³-hybridized carbons (Fsp3) is 0.382. The molecule has 0 fully saturated rings. The minimum Gasteiger partial charge on any atom is -0.445 e. The normalized spacial score (nSPS) is 10.9. The summed E-state index contributed by atoms with van der Waals surface area (Å²) < 4.78 is 15.5. The molecule has 0 spiro atoms. The van der Waals surface area contributed by atoms with Crippen LogP contribution in [0.15, 0.2) is 78.9 Å². The summed E-state index contributed by atoms with van der Waals surface area (Å²) >= 11 is 0. The molecular formula is C34H46N4O6. The fourth-order valence-corrected chi connectivity index (χ4v) is 3.49. The molecule has 10 heteroatoms. The minimum atomic E-state index is -0.519. The molecule has 10 nitrogen and oxygen atoms in total. The van der Waals surface area contributed by atoms with E-state index < -0.39 is 29.5 Å². The van der Waals surface area contributed by atoms with E-state index in [1.54, 1.807) is 0 Å². The van der Waals surface area contributed by atoms with Crippen LogP contribution in [0.5, 0.6) is 0 Å². The summed E-state index contributed by atoms with van der Waals surface area (Å²) in [5.41, 5.74) is 9.43. The first-order chi connectivity index (χ1) is 20.7. The van der Waals surface area contributed by atoms with Crippen molar-refractivity contribution in [3.05, 3.63) is 107 Å². The Morgan fingerprint density at radius 2 is 0.909 bits per heavy atom. The van der Waals surface area contributed by atoms with Gasteiger partial charge in [-0.25, -0.2) is 14.4 Å². The molecule has 0 unspecified atom stereocenters. The Morgan fingerprint density at radius 3 is 1.27 bits per heavy atom. The van der Waals surface area contributed by atoms with Crippen molar-refractivity contribution in [3.8, 4) is 0 Å². The summed E-state index contributed by atoms with van der Waals surface area (Å²) in [5, 5.41) is 8.12. The van der Waals surface area contributed by atoms with Crippen LogP contribution in [0, 0.1) is 0 Å². The summed E-state index contributed by atoms with van der Waals surface area (Å²) in [5.74, 6) is 0. The molecule has 3 aromatic rings. The summed E-state index contributed by atoms with van der Waals surface area (Å²) in [6.45, 7) is 12.9. The molecule has 3 amide bonds. The molecule has 3 rings (SSSR count). The molecule has 0 aromatic heterocycles. The molecule has 0 saturated heterocycles. The lowest BCUT2D eigenvalue weighted by Crippen LogP contribution is -2.32. The van der Waals surface area contributed by atoms with Gasteiger partial charge in [0.2, 0.25) is 0 Å². The van der Waals surface area contributed by atoms with Crippen molar-refractivity contribution >= 4 is 18.3 Å². The molecule has 238 valence electrons. The SMILES string of the molecule is CC(C)(C)OC(=O)NCc1ccc(CN)cc1.CC(C)(C)OC(=O)NCc1ccc(CNC(=O)OCc2ccccc2)cc1. The Balaban J connectivity index is 0.000000342. The molecule has 0 aliphatic heterocycles. The van der Waals surface area contributed by atoms with Crippen molar-refractivity contribution in [2.24, 2.45) is 5.73 Å². The van der Waals surface area contributed by atoms with Crippen LogP contribution in [0.4, 0.5) is 14.4 Å². The second-order valence-electron chi connectivity index (χ2n) is 12.0. The van der Waals surface area contributed by atoms with Crippen molar-refractivity contribution in [2.45, 2.75) is 85.5 Å². The molecule has 5 N–H and O–H groups in total. The second-order valence-corrected chi connectivity index (χ2v) is 12.0. The number of ether oxygens (including phenoxy) is 3. The average molecular weight is 607 g/mol. The van der Waals surface area contributed by atoms with Gasteiger partial charge in [-0.3, -0.25) is 0 Å². The predicted octanol–water partition coefficient (Wildman–Crippen LogP) is 6.31. The molecular weight excluding hydrogens is 560 g/mol. The van der Waals surface area contributed by atoms with Crippen LogP contribution in [0.3, 0.4) is 0 Å². The van der Waals surface area contributed by atoms with Crippen LogP contribution >= 0.6 is 0 Å². The molecule has 3 aromatic carbocycles. The van der Waals surface area contributed by atoms with Crippen LogP contribution in [0.25, 0.3) is 0 Å². The summed E-state index contributed by atoms with van der Waals surface area (Å²) in [4.78, 5) is 34.8. The van der Waals surface area contributed by atoms with Gasteiger partial charge in [0.25, 0.3) is 0 Å². The van der Waals surface area contributed by atoms with E-state index in [0.717, 1.165) is 27.8 Å². The number of amides is 3. The van der Waals surface area contributed by atoms with Gasteiger partial charge in [0.05, 0.1) is 0 Å². The van der Waals surface area contributed by atoms with Crippen LogP contribution in [-0.2, 0) is 47.0 Å². The van der Waals surface area contributed by atoms with E-state index in [1.165, 1.54) is 0 Å². The Labute approximate surface area is 260 Å². The van der Waals surface area contributed by atoms with E-state index in [4.69, 9.17) is 19.9 Å². The van der Waals surface area contributed by atoms with Crippen molar-refractivity contribution in [3.63, 3.8) is 0 Å². The number of hydrogen-bond donors (Lipinski definition) is 4. The van der Waals surface area contributed by atoms with Gasteiger partial charge in [-0.1, -0.05) is 78.9 Å². The summed E-state index contributed by atoms with van der Waals surface area (Å²) in [7, 11) is 0. The zero-order valence-corrected chi connectivity index (χ0v) is 26.6. The first-order valence-corrected chi connectivity index (χ1v) is 14.5. The first kappa shape index (κ1) is 35.6. The fourth-order valence-electron chi connectivity index (χ4n) is 3.49. The average Bonchev–Trinajstić information content (AvgIpc) is 2.97. The molecule has 0 atom stereocenters. The van der Waals surface area contributed by atoms with Crippen LogP contribution in [-0.4, -0.2) is 29.5 Å². The van der Waals surface area contributed by atoms with Crippen molar-refractivity contribution in [2.75, 3.05) is 0 Å². The molecule has 0 heterocycles. The molecule has 0 aliphatic carbocycles. The van der Waals surface area contributed by atoms with Gasteiger partial charge >= 0.3 is 18.3 Å². The maximum Gasteiger partial charge on any atom is 0.407 e. The molecule has 0 bridgehead atoms. The van der Waals surface area contributed by atoms with E-state index in [0.29, 0.717) is 26.2 Å². The van der Waals surface area contributed by atoms with Gasteiger partial charge in [-0.05, 0) is 69.4 Å². The lowest BCUT2D eigenvalue weighted by Gasteiger charge is -2.19. The number of rotatable bonds is 9. The van der Waals surface area contributed by atoms with E-state index >= 15 is 0 Å². The van der Waals surface area contributed by atoms with E-state index in [-0.39, 0.29) is 6.61 Å². The Bertz CT molecular complexity index is 1300. The largest absolute Gasteiger partial charge is 0.445 e. The molecule has 0 saturated carbocycles. The maximum absolute atomic E-state index is 11.8. The topological polar surface area (TPSA) is 141 Å². The Kier molecular flexibility index (Phi) is 14.2. The number of hydrogen-bond acceptors (Lipinski definition) is 7. The molecule has 0 aliphatic rings. The second kappa shape index (κ2) is 17.5. The smallest absolute Gasteiger partial charge is 0.407 e. The number of carbonyl (C=O) groups excluding carboxylic acids is 3. The van der Waals surface area contributed by atoms with Gasteiger partial charge < -0.3 is 35.9 Å². The monoisotopic (exact) mass is 606 g/mol. The minimum absolute atomic E-state index is 0.238.